The van der Waals surface area contributed by atoms with E-state index >= 15 is 0 Å². The number of carbonyl (C=O) groups is 1. The van der Waals surface area contributed by atoms with Gasteiger partial charge in [-0.1, -0.05) is 150 Å². The van der Waals surface area contributed by atoms with Gasteiger partial charge in [0.05, 0.1) is 32.0 Å². The highest BCUT2D eigenvalue weighted by Gasteiger charge is 2.51. The van der Waals surface area contributed by atoms with E-state index < -0.39 is 86.8 Å². The van der Waals surface area contributed by atoms with Gasteiger partial charge < -0.3 is 65.1 Å². The fourth-order valence-electron chi connectivity index (χ4n) is 7.40. The predicted octanol–water partition coefficient (Wildman–Crippen LogP) is 5.82. The van der Waals surface area contributed by atoms with Gasteiger partial charge in [0.25, 0.3) is 0 Å². The quantitative estimate of drug-likeness (QED) is 0.0270. The third kappa shape index (κ3) is 24.7. The Kier molecular flexibility index (Phi) is 33.4. The summed E-state index contributed by atoms with van der Waals surface area (Å²) in [5, 5.41) is 86.5. The standard InChI is InChI=1S/C51H85NO13/c1-3-5-7-9-11-13-14-15-16-17-18-19-20-21-22-23-24-25-26-27-29-31-33-35-43(56)52-39(40(55)34-32-30-28-12-10-8-6-4-2)38-62-50-48(61)46(59)49(42(37-54)64-50)65-51-47(60)45(58)44(57)41(36-53)63-51/h5,7,11,13,15-16,18-19,21-22,24-25,27,29,39-42,44-51,53-55,57-61H,3-4,6,8-10,12,14,17,20,23,26,28,30-38H2,1-2H3,(H,52,56)/b7-5-,13-11-,16-15-,19-18-,22-21-,25-24-,29-27-. The number of allylic oxidation sites excluding steroid dienone is 14. The van der Waals surface area contributed by atoms with Crippen molar-refractivity contribution in [1.29, 1.82) is 0 Å². The summed E-state index contributed by atoms with van der Waals surface area (Å²) in [7, 11) is 0. The predicted molar refractivity (Wildman–Crippen MR) is 253 cm³/mol. The molecule has 14 heteroatoms. The number of aliphatic hydroxyl groups is 8. The highest BCUT2D eigenvalue weighted by molar-refractivity contribution is 5.76. The average Bonchev–Trinajstić information content (AvgIpc) is 3.30. The number of hydrogen-bond acceptors (Lipinski definition) is 13. The van der Waals surface area contributed by atoms with Crippen LogP contribution in [0.15, 0.2) is 85.1 Å². The van der Waals surface area contributed by atoms with Crippen molar-refractivity contribution < 1.29 is 64.6 Å². The minimum Gasteiger partial charge on any atom is -0.394 e. The van der Waals surface area contributed by atoms with Gasteiger partial charge in [0.2, 0.25) is 5.91 Å². The molecule has 2 aliphatic heterocycles. The molecular weight excluding hydrogens is 835 g/mol. The zero-order valence-corrected chi connectivity index (χ0v) is 39.2. The number of aliphatic hydroxyl groups excluding tert-OH is 8. The maximum absolute atomic E-state index is 13.1. The van der Waals surface area contributed by atoms with Gasteiger partial charge in [-0.2, -0.15) is 0 Å². The number of nitrogens with one attached hydrogen (secondary N) is 1. The van der Waals surface area contributed by atoms with E-state index in [-0.39, 0.29) is 18.9 Å². The molecule has 12 atom stereocenters. The smallest absolute Gasteiger partial charge is 0.220 e. The Morgan fingerprint density at radius 2 is 1.05 bits per heavy atom. The Morgan fingerprint density at radius 3 is 1.57 bits per heavy atom. The summed E-state index contributed by atoms with van der Waals surface area (Å²) in [6, 6.07) is -0.862. The van der Waals surface area contributed by atoms with Crippen LogP contribution in [0.2, 0.25) is 0 Å². The molecule has 0 aromatic carbocycles. The van der Waals surface area contributed by atoms with Crippen molar-refractivity contribution in [3.63, 3.8) is 0 Å². The second-order valence-electron chi connectivity index (χ2n) is 16.9. The van der Waals surface area contributed by atoms with E-state index in [4.69, 9.17) is 18.9 Å². The third-order valence-corrected chi connectivity index (χ3v) is 11.4. The molecule has 0 aliphatic carbocycles. The molecule has 2 rings (SSSR count). The topological polar surface area (TPSA) is 228 Å². The second kappa shape index (κ2) is 37.2. The van der Waals surface area contributed by atoms with Gasteiger partial charge in [0.1, 0.15) is 48.8 Å². The first kappa shape index (κ1) is 58.3. The molecule has 0 bridgehead atoms. The van der Waals surface area contributed by atoms with Gasteiger partial charge in [-0.15, -0.1) is 0 Å². The minimum atomic E-state index is -1.79. The maximum atomic E-state index is 13.1. The van der Waals surface area contributed by atoms with Gasteiger partial charge in [-0.3, -0.25) is 4.79 Å². The summed E-state index contributed by atoms with van der Waals surface area (Å²) < 4.78 is 22.6. The summed E-state index contributed by atoms with van der Waals surface area (Å²) in [4.78, 5) is 13.1. The van der Waals surface area contributed by atoms with Crippen molar-refractivity contribution in [3.8, 4) is 0 Å². The van der Waals surface area contributed by atoms with Crippen LogP contribution >= 0.6 is 0 Å². The van der Waals surface area contributed by atoms with E-state index in [0.29, 0.717) is 19.3 Å². The van der Waals surface area contributed by atoms with Gasteiger partial charge in [0.15, 0.2) is 12.6 Å². The van der Waals surface area contributed by atoms with Crippen molar-refractivity contribution in [3.05, 3.63) is 85.1 Å². The Balaban J connectivity index is 1.82. The van der Waals surface area contributed by atoms with Gasteiger partial charge >= 0.3 is 0 Å². The number of carbonyl (C=O) groups excluding carboxylic acids is 1. The molecule has 2 heterocycles. The lowest BCUT2D eigenvalue weighted by Crippen LogP contribution is -2.65. The summed E-state index contributed by atoms with van der Waals surface area (Å²) in [5.41, 5.74) is 0. The Labute approximate surface area is 389 Å². The molecule has 2 aliphatic rings. The maximum Gasteiger partial charge on any atom is 0.220 e. The Morgan fingerprint density at radius 1 is 0.569 bits per heavy atom. The van der Waals surface area contributed by atoms with Crippen LogP contribution in [0.5, 0.6) is 0 Å². The Hall–Kier alpha value is -2.83. The number of rotatable bonds is 35. The minimum absolute atomic E-state index is 0.218. The lowest BCUT2D eigenvalue weighted by Gasteiger charge is -2.46. The first-order valence-corrected chi connectivity index (χ1v) is 24.3. The largest absolute Gasteiger partial charge is 0.394 e. The van der Waals surface area contributed by atoms with Gasteiger partial charge in [0, 0.05) is 6.42 Å². The Bertz CT molecular complexity index is 1410. The van der Waals surface area contributed by atoms with Crippen LogP contribution in [0, 0.1) is 0 Å². The summed E-state index contributed by atoms with van der Waals surface area (Å²) in [5.74, 6) is -0.273. The zero-order valence-electron chi connectivity index (χ0n) is 39.2. The van der Waals surface area contributed by atoms with E-state index in [2.05, 4.69) is 98.2 Å². The highest BCUT2D eigenvalue weighted by atomic mass is 16.7. The van der Waals surface area contributed by atoms with E-state index in [1.165, 1.54) is 25.7 Å². The molecule has 1 amide bonds. The normalized spacial score (nSPS) is 27.8. The average molecular weight is 920 g/mol. The monoisotopic (exact) mass is 920 g/mol. The summed E-state index contributed by atoms with van der Waals surface area (Å²) >= 11 is 0. The molecule has 2 fully saturated rings. The number of ether oxygens (including phenoxy) is 4. The van der Waals surface area contributed by atoms with E-state index in [1.54, 1.807) is 0 Å². The van der Waals surface area contributed by atoms with Crippen LogP contribution < -0.4 is 5.32 Å². The molecule has 0 saturated carbocycles. The van der Waals surface area contributed by atoms with Gasteiger partial charge in [-0.25, -0.2) is 0 Å². The van der Waals surface area contributed by atoms with E-state index in [9.17, 15) is 45.6 Å². The van der Waals surface area contributed by atoms with Crippen LogP contribution in [0.3, 0.4) is 0 Å². The molecule has 0 aromatic rings. The van der Waals surface area contributed by atoms with E-state index in [0.717, 1.165) is 70.6 Å². The van der Waals surface area contributed by atoms with Crippen molar-refractivity contribution in [1.82, 2.24) is 5.32 Å². The first-order chi connectivity index (χ1) is 31.6. The summed E-state index contributed by atoms with van der Waals surface area (Å²) in [6.45, 7) is 2.62. The number of unbranched alkanes of at least 4 members (excludes halogenated alkanes) is 8. The fraction of sp³-hybridized carbons (Fsp3) is 0.706. The first-order valence-electron chi connectivity index (χ1n) is 24.3. The lowest BCUT2D eigenvalue weighted by molar-refractivity contribution is -0.359. The number of hydrogen-bond donors (Lipinski definition) is 9. The van der Waals surface area contributed by atoms with Crippen molar-refractivity contribution >= 4 is 5.91 Å². The molecule has 14 nitrogen and oxygen atoms in total. The van der Waals surface area contributed by atoms with Crippen LogP contribution in [-0.4, -0.2) is 140 Å². The third-order valence-electron chi connectivity index (χ3n) is 11.4. The SMILES string of the molecule is CC/C=C\C/C=C\C/C=C\C/C=C\C/C=C\C/C=C\C/C=C\CCCC(=O)NC(COC1OC(CO)C(OC2OC(CO)C(O)C(O)C2O)C(O)C1O)C(O)CCCCCCCCCC. The van der Waals surface area contributed by atoms with Crippen LogP contribution in [-0.2, 0) is 23.7 Å². The van der Waals surface area contributed by atoms with E-state index in [1.807, 2.05) is 6.08 Å². The molecule has 0 radical (unpaired) electrons. The molecule has 372 valence electrons. The van der Waals surface area contributed by atoms with Gasteiger partial charge in [-0.05, 0) is 64.2 Å². The second-order valence-corrected chi connectivity index (χ2v) is 16.9. The molecule has 12 unspecified atom stereocenters. The van der Waals surface area contributed by atoms with Crippen molar-refractivity contribution in [2.45, 2.75) is 209 Å². The molecule has 65 heavy (non-hydrogen) atoms. The molecular formula is C51H85NO13. The molecule has 0 aromatic heterocycles. The molecule has 9 N–H and O–H groups in total. The lowest BCUT2D eigenvalue weighted by atomic mass is 9.97. The fourth-order valence-corrected chi connectivity index (χ4v) is 7.40. The van der Waals surface area contributed by atoms with Crippen molar-refractivity contribution in [2.24, 2.45) is 0 Å². The van der Waals surface area contributed by atoms with Crippen molar-refractivity contribution in [2.75, 3.05) is 19.8 Å². The van der Waals surface area contributed by atoms with Crippen LogP contribution in [0.4, 0.5) is 0 Å². The molecule has 0 spiro atoms. The summed E-state index contributed by atoms with van der Waals surface area (Å²) in [6.07, 6.45) is 30.4. The number of amides is 1. The van der Waals surface area contributed by atoms with Crippen LogP contribution in [0.25, 0.3) is 0 Å². The van der Waals surface area contributed by atoms with Crippen LogP contribution in [0.1, 0.15) is 136 Å². The molecule has 2 saturated heterocycles. The highest BCUT2D eigenvalue weighted by Crippen LogP contribution is 2.30. The zero-order chi connectivity index (χ0) is 47.5.